The zero-order chi connectivity index (χ0) is 11.8. The molecular weight excluding hydrogens is 276 g/mol. The average Bonchev–Trinajstić information content (AvgIpc) is 3.01. The summed E-state index contributed by atoms with van der Waals surface area (Å²) in [5.41, 5.74) is 0.319. The molecule has 16 heavy (non-hydrogen) atoms. The van der Waals surface area contributed by atoms with Gasteiger partial charge < -0.3 is 5.11 Å². The van der Waals surface area contributed by atoms with Crippen LogP contribution in [0.5, 0.6) is 0 Å². The van der Waals surface area contributed by atoms with Crippen molar-refractivity contribution in [2.45, 2.75) is 19.3 Å². The van der Waals surface area contributed by atoms with Crippen molar-refractivity contribution in [3.8, 4) is 0 Å². The third-order valence-electron chi connectivity index (χ3n) is 2.95. The van der Waals surface area contributed by atoms with Gasteiger partial charge in [0.1, 0.15) is 5.69 Å². The van der Waals surface area contributed by atoms with Crippen LogP contribution in [0.2, 0.25) is 0 Å². The molecule has 1 N–H and O–H groups in total. The van der Waals surface area contributed by atoms with Crippen LogP contribution in [-0.4, -0.2) is 21.6 Å². The molecule has 86 valence electrons. The normalized spacial score (nSPS) is 17.1. The van der Waals surface area contributed by atoms with Crippen LogP contribution in [0.1, 0.15) is 18.5 Å². The van der Waals surface area contributed by atoms with Crippen LogP contribution in [0.3, 0.4) is 0 Å². The van der Waals surface area contributed by atoms with Crippen molar-refractivity contribution in [2.75, 3.05) is 6.61 Å². The molecule has 6 heteroatoms. The number of hydrogen-bond donors (Lipinski definition) is 1. The Morgan fingerprint density at radius 2 is 2.31 bits per heavy atom. The van der Waals surface area contributed by atoms with Crippen LogP contribution >= 0.6 is 15.9 Å². The summed E-state index contributed by atoms with van der Waals surface area (Å²) in [5, 5.41) is 20.0. The summed E-state index contributed by atoms with van der Waals surface area (Å²) in [6.07, 6.45) is 3.86. The number of rotatable bonds is 4. The first-order valence-corrected chi connectivity index (χ1v) is 5.75. The fourth-order valence-electron chi connectivity index (χ4n) is 1.67. The van der Waals surface area contributed by atoms with E-state index in [1.165, 1.54) is 6.07 Å². The first-order chi connectivity index (χ1) is 7.56. The summed E-state index contributed by atoms with van der Waals surface area (Å²) in [6.45, 7) is 0.0713. The van der Waals surface area contributed by atoms with Crippen molar-refractivity contribution in [1.82, 2.24) is 4.98 Å². The van der Waals surface area contributed by atoms with E-state index in [1.807, 2.05) is 0 Å². The lowest BCUT2D eigenvalue weighted by Gasteiger charge is -2.10. The third-order valence-corrected chi connectivity index (χ3v) is 3.38. The van der Waals surface area contributed by atoms with Gasteiger partial charge in [0.2, 0.25) is 0 Å². The van der Waals surface area contributed by atoms with Crippen molar-refractivity contribution in [1.29, 1.82) is 0 Å². The van der Waals surface area contributed by atoms with E-state index in [0.29, 0.717) is 16.6 Å². The number of pyridine rings is 1. The van der Waals surface area contributed by atoms with Gasteiger partial charge in [0.25, 0.3) is 5.69 Å². The smallest absolute Gasteiger partial charge is 0.291 e. The Balaban J connectivity index is 2.29. The predicted octanol–water partition coefficient (Wildman–Crippen LogP) is 2.07. The first kappa shape index (κ1) is 11.5. The van der Waals surface area contributed by atoms with E-state index in [1.54, 1.807) is 6.20 Å². The molecule has 1 fully saturated rings. The number of aliphatic hydroxyl groups excluding tert-OH is 1. The maximum atomic E-state index is 10.9. The molecule has 0 aromatic carbocycles. The molecule has 1 aliphatic rings. The van der Waals surface area contributed by atoms with Crippen LogP contribution in [0.25, 0.3) is 0 Å². The maximum absolute atomic E-state index is 10.9. The molecule has 0 saturated heterocycles. The molecular formula is C10H11BrN2O3. The lowest BCUT2D eigenvalue weighted by molar-refractivity contribution is -0.386. The van der Waals surface area contributed by atoms with Crippen LogP contribution in [0, 0.1) is 15.5 Å². The SMILES string of the molecule is O=[N+]([O-])c1cc(Br)cnc1CC1(CO)CC1. The van der Waals surface area contributed by atoms with E-state index >= 15 is 0 Å². The first-order valence-electron chi connectivity index (χ1n) is 4.96. The standard InChI is InChI=1S/C10H11BrN2O3/c11-7-3-9(13(15)16)8(12-5-7)4-10(6-14)1-2-10/h3,5,14H,1-2,4,6H2. The summed E-state index contributed by atoms with van der Waals surface area (Å²) in [4.78, 5) is 14.5. The lowest BCUT2D eigenvalue weighted by Crippen LogP contribution is -2.12. The summed E-state index contributed by atoms with van der Waals surface area (Å²) in [5.74, 6) is 0. The van der Waals surface area contributed by atoms with Crippen molar-refractivity contribution >= 4 is 21.6 Å². The Morgan fingerprint density at radius 1 is 1.62 bits per heavy atom. The van der Waals surface area contributed by atoms with E-state index < -0.39 is 4.92 Å². The molecule has 0 radical (unpaired) electrons. The monoisotopic (exact) mass is 286 g/mol. The van der Waals surface area contributed by atoms with E-state index in [4.69, 9.17) is 0 Å². The zero-order valence-corrected chi connectivity index (χ0v) is 10.1. The van der Waals surface area contributed by atoms with Crippen molar-refractivity contribution < 1.29 is 10.0 Å². The second kappa shape index (κ2) is 4.10. The fraction of sp³-hybridized carbons (Fsp3) is 0.500. The Labute approximate surface area is 101 Å². The van der Waals surface area contributed by atoms with Gasteiger partial charge >= 0.3 is 0 Å². The zero-order valence-electron chi connectivity index (χ0n) is 8.52. The number of nitro groups is 1. The number of aliphatic hydroxyl groups is 1. The molecule has 2 rings (SSSR count). The summed E-state index contributed by atoms with van der Waals surface area (Å²) < 4.78 is 0.594. The van der Waals surface area contributed by atoms with Crippen LogP contribution in [0.15, 0.2) is 16.7 Å². The molecule has 0 unspecified atom stereocenters. The number of hydrogen-bond acceptors (Lipinski definition) is 4. The number of halogens is 1. The molecule has 0 amide bonds. The van der Waals surface area contributed by atoms with Gasteiger partial charge in [-0.1, -0.05) is 0 Å². The predicted molar refractivity (Wildman–Crippen MR) is 61.0 cm³/mol. The van der Waals surface area contributed by atoms with Gasteiger partial charge in [-0.2, -0.15) is 0 Å². The van der Waals surface area contributed by atoms with Crippen LogP contribution in [0.4, 0.5) is 5.69 Å². The molecule has 1 aromatic heterocycles. The van der Waals surface area contributed by atoms with Crippen molar-refractivity contribution in [3.05, 3.63) is 32.5 Å². The highest BCUT2D eigenvalue weighted by molar-refractivity contribution is 9.10. The van der Waals surface area contributed by atoms with E-state index in [-0.39, 0.29) is 17.7 Å². The van der Waals surface area contributed by atoms with E-state index in [0.717, 1.165) is 12.8 Å². The van der Waals surface area contributed by atoms with Gasteiger partial charge in [0.15, 0.2) is 0 Å². The Bertz CT molecular complexity index is 432. The molecule has 0 bridgehead atoms. The number of nitrogens with zero attached hydrogens (tertiary/aromatic N) is 2. The third kappa shape index (κ3) is 2.22. The highest BCUT2D eigenvalue weighted by atomic mass is 79.9. The Morgan fingerprint density at radius 3 is 2.81 bits per heavy atom. The molecule has 1 aliphatic carbocycles. The summed E-state index contributed by atoms with van der Waals surface area (Å²) in [6, 6.07) is 1.45. The minimum Gasteiger partial charge on any atom is -0.396 e. The van der Waals surface area contributed by atoms with Gasteiger partial charge in [0, 0.05) is 29.8 Å². The Hall–Kier alpha value is -1.01. The minimum absolute atomic E-state index is 0.0223. The summed E-state index contributed by atoms with van der Waals surface area (Å²) >= 11 is 3.16. The summed E-state index contributed by atoms with van der Waals surface area (Å²) in [7, 11) is 0. The van der Waals surface area contributed by atoms with Crippen LogP contribution in [-0.2, 0) is 6.42 Å². The largest absolute Gasteiger partial charge is 0.396 e. The Kier molecular flexibility index (Phi) is 2.94. The van der Waals surface area contributed by atoms with Gasteiger partial charge in [-0.25, -0.2) is 0 Å². The molecule has 1 saturated carbocycles. The average molecular weight is 287 g/mol. The number of aromatic nitrogens is 1. The van der Waals surface area contributed by atoms with Crippen molar-refractivity contribution in [3.63, 3.8) is 0 Å². The van der Waals surface area contributed by atoms with Gasteiger partial charge in [-0.15, -0.1) is 0 Å². The quantitative estimate of drug-likeness (QED) is 0.679. The molecule has 1 heterocycles. The topological polar surface area (TPSA) is 76.3 Å². The highest BCUT2D eigenvalue weighted by Crippen LogP contribution is 2.48. The van der Waals surface area contributed by atoms with Gasteiger partial charge in [-0.3, -0.25) is 15.1 Å². The van der Waals surface area contributed by atoms with E-state index in [9.17, 15) is 15.2 Å². The fourth-order valence-corrected chi connectivity index (χ4v) is 1.99. The molecule has 5 nitrogen and oxygen atoms in total. The highest BCUT2D eigenvalue weighted by Gasteiger charge is 2.43. The molecule has 1 aromatic rings. The van der Waals surface area contributed by atoms with Crippen molar-refractivity contribution in [2.24, 2.45) is 5.41 Å². The maximum Gasteiger partial charge on any atom is 0.291 e. The lowest BCUT2D eigenvalue weighted by atomic mass is 10.0. The molecule has 0 spiro atoms. The minimum atomic E-state index is -0.430. The molecule has 0 aliphatic heterocycles. The second-order valence-corrected chi connectivity index (χ2v) is 5.13. The molecule has 0 atom stereocenters. The van der Waals surface area contributed by atoms with Gasteiger partial charge in [0.05, 0.1) is 4.92 Å². The van der Waals surface area contributed by atoms with Crippen LogP contribution < -0.4 is 0 Å². The van der Waals surface area contributed by atoms with Gasteiger partial charge in [-0.05, 0) is 34.2 Å². The second-order valence-electron chi connectivity index (χ2n) is 4.21. The van der Waals surface area contributed by atoms with E-state index in [2.05, 4.69) is 20.9 Å².